The zero-order valence-electron chi connectivity index (χ0n) is 15.7. The van der Waals surface area contributed by atoms with Gasteiger partial charge in [-0.15, -0.1) is 0 Å². The highest BCUT2D eigenvalue weighted by Crippen LogP contribution is 2.28. The fourth-order valence-electron chi connectivity index (χ4n) is 3.16. The number of amidine groups is 1. The minimum atomic E-state index is 0.346. The topological polar surface area (TPSA) is 50.9 Å². The lowest BCUT2D eigenvalue weighted by Crippen LogP contribution is -2.21. The summed E-state index contributed by atoms with van der Waals surface area (Å²) in [7, 11) is 4.09. The maximum atomic E-state index is 5.67. The Morgan fingerprint density at radius 2 is 1.81 bits per heavy atom. The number of aromatic nitrogens is 1. The summed E-state index contributed by atoms with van der Waals surface area (Å²) in [5, 5.41) is 0. The predicted molar refractivity (Wildman–Crippen MR) is 106 cm³/mol. The average molecular weight is 361 g/mol. The van der Waals surface area contributed by atoms with E-state index < -0.39 is 0 Å². The van der Waals surface area contributed by atoms with Gasteiger partial charge >= 0.3 is 0 Å². The van der Waals surface area contributed by atoms with Crippen molar-refractivity contribution in [1.82, 2.24) is 9.88 Å². The molecule has 27 heavy (non-hydrogen) atoms. The van der Waals surface area contributed by atoms with Crippen LogP contribution in [-0.4, -0.2) is 29.8 Å². The van der Waals surface area contributed by atoms with Gasteiger partial charge in [0, 0.05) is 20.5 Å². The molecule has 1 aromatic heterocycles. The Hall–Kier alpha value is -3.08. The summed E-state index contributed by atoms with van der Waals surface area (Å²) in [6, 6.07) is 14.9. The van der Waals surface area contributed by atoms with Gasteiger partial charge in [0.2, 0.25) is 5.89 Å². The van der Waals surface area contributed by atoms with Crippen molar-refractivity contribution >= 4 is 11.5 Å². The number of ether oxygens (including phenoxy) is 1. The van der Waals surface area contributed by atoms with Crippen molar-refractivity contribution in [3.63, 3.8) is 0 Å². The Labute approximate surface area is 159 Å². The fraction of sp³-hybridized carbons (Fsp3) is 0.273. The van der Waals surface area contributed by atoms with E-state index in [1.54, 1.807) is 12.5 Å². The number of aliphatic imine (C=N–C) groups is 1. The molecule has 0 bridgehead atoms. The van der Waals surface area contributed by atoms with Crippen molar-refractivity contribution in [2.24, 2.45) is 4.99 Å². The van der Waals surface area contributed by atoms with E-state index in [-0.39, 0.29) is 0 Å². The van der Waals surface area contributed by atoms with E-state index in [4.69, 9.17) is 9.15 Å². The Kier molecular flexibility index (Phi) is 4.92. The van der Waals surface area contributed by atoms with Crippen molar-refractivity contribution in [2.75, 3.05) is 14.1 Å². The SMILES string of the molecule is CN(C)C1=Nc2ccc(CCc3ccc(OCc4ncco4)cc3)cc2C1. The standard InChI is InChI=1S/C22H23N3O2/c1-25(2)21-14-18-13-17(7-10-20(18)24-21)4-3-16-5-8-19(9-6-16)27-15-22-23-11-12-26-22/h5-13H,3-4,14-15H2,1-2H3. The smallest absolute Gasteiger partial charge is 0.232 e. The summed E-state index contributed by atoms with van der Waals surface area (Å²) in [5.41, 5.74) is 5.08. The molecule has 0 N–H and O–H groups in total. The highest BCUT2D eigenvalue weighted by Gasteiger charge is 2.16. The van der Waals surface area contributed by atoms with E-state index in [0.717, 1.165) is 36.5 Å². The lowest BCUT2D eigenvalue weighted by Gasteiger charge is -2.10. The molecule has 0 saturated carbocycles. The molecule has 0 saturated heterocycles. The van der Waals surface area contributed by atoms with Crippen LogP contribution in [0.1, 0.15) is 22.6 Å². The molecule has 0 atom stereocenters. The first-order valence-electron chi connectivity index (χ1n) is 9.14. The summed E-state index contributed by atoms with van der Waals surface area (Å²) >= 11 is 0. The predicted octanol–water partition coefficient (Wildman–Crippen LogP) is 4.19. The number of aryl methyl sites for hydroxylation is 2. The van der Waals surface area contributed by atoms with Crippen LogP contribution >= 0.6 is 0 Å². The van der Waals surface area contributed by atoms with Gasteiger partial charge in [-0.25, -0.2) is 9.98 Å². The third kappa shape index (κ3) is 4.19. The van der Waals surface area contributed by atoms with Gasteiger partial charge in [-0.1, -0.05) is 24.3 Å². The molecule has 1 aliphatic rings. The molecule has 0 fully saturated rings. The van der Waals surface area contributed by atoms with Crippen LogP contribution in [0.25, 0.3) is 0 Å². The lowest BCUT2D eigenvalue weighted by molar-refractivity contribution is 0.263. The van der Waals surface area contributed by atoms with Gasteiger partial charge in [0.25, 0.3) is 0 Å². The van der Waals surface area contributed by atoms with Gasteiger partial charge in [0.1, 0.15) is 17.8 Å². The maximum Gasteiger partial charge on any atom is 0.232 e. The largest absolute Gasteiger partial charge is 0.484 e. The number of nitrogens with zero attached hydrogens (tertiary/aromatic N) is 3. The second-order valence-electron chi connectivity index (χ2n) is 6.92. The molecule has 138 valence electrons. The highest BCUT2D eigenvalue weighted by molar-refractivity contribution is 5.91. The third-order valence-electron chi connectivity index (χ3n) is 4.73. The van der Waals surface area contributed by atoms with Crippen molar-refractivity contribution in [1.29, 1.82) is 0 Å². The molecular weight excluding hydrogens is 338 g/mol. The second kappa shape index (κ2) is 7.66. The number of benzene rings is 2. The quantitative estimate of drug-likeness (QED) is 0.661. The molecule has 5 nitrogen and oxygen atoms in total. The van der Waals surface area contributed by atoms with E-state index in [2.05, 4.69) is 45.2 Å². The van der Waals surface area contributed by atoms with E-state index in [9.17, 15) is 0 Å². The van der Waals surface area contributed by atoms with Crippen LogP contribution in [0.15, 0.2) is 64.3 Å². The Bertz CT molecular complexity index is 929. The van der Waals surface area contributed by atoms with Crippen LogP contribution in [0.5, 0.6) is 5.75 Å². The van der Waals surface area contributed by atoms with Crippen molar-refractivity contribution in [2.45, 2.75) is 25.9 Å². The molecular formula is C22H23N3O2. The number of hydrogen-bond acceptors (Lipinski definition) is 5. The van der Waals surface area contributed by atoms with Gasteiger partial charge in [-0.05, 0) is 47.7 Å². The third-order valence-corrected chi connectivity index (χ3v) is 4.73. The average Bonchev–Trinajstić information content (AvgIpc) is 3.34. The first kappa shape index (κ1) is 17.3. The molecule has 0 unspecified atom stereocenters. The number of likely N-dealkylation sites (N-methyl/N-ethyl adjacent to an activating group) is 1. The first-order chi connectivity index (χ1) is 13.2. The Balaban J connectivity index is 1.31. The second-order valence-corrected chi connectivity index (χ2v) is 6.92. The van der Waals surface area contributed by atoms with Crippen LogP contribution in [-0.2, 0) is 25.9 Å². The highest BCUT2D eigenvalue weighted by atomic mass is 16.5. The molecule has 0 spiro atoms. The summed E-state index contributed by atoms with van der Waals surface area (Å²) in [4.78, 5) is 10.8. The van der Waals surface area contributed by atoms with E-state index in [1.165, 1.54) is 16.7 Å². The number of rotatable bonds is 6. The molecule has 2 heterocycles. The summed E-state index contributed by atoms with van der Waals surface area (Å²) in [5.74, 6) is 2.53. The monoisotopic (exact) mass is 361 g/mol. The Morgan fingerprint density at radius 3 is 2.56 bits per heavy atom. The van der Waals surface area contributed by atoms with E-state index in [1.807, 2.05) is 26.2 Å². The van der Waals surface area contributed by atoms with Gasteiger partial charge < -0.3 is 14.1 Å². The van der Waals surface area contributed by atoms with Crippen LogP contribution in [0.3, 0.4) is 0 Å². The van der Waals surface area contributed by atoms with Crippen LogP contribution < -0.4 is 4.74 Å². The maximum absolute atomic E-state index is 5.67. The summed E-state index contributed by atoms with van der Waals surface area (Å²) < 4.78 is 10.8. The molecule has 0 radical (unpaired) electrons. The molecule has 2 aromatic carbocycles. The number of oxazole rings is 1. The minimum absolute atomic E-state index is 0.346. The van der Waals surface area contributed by atoms with Crippen molar-refractivity contribution in [3.8, 4) is 5.75 Å². The zero-order chi connectivity index (χ0) is 18.6. The molecule has 1 aliphatic heterocycles. The van der Waals surface area contributed by atoms with Crippen molar-refractivity contribution < 1.29 is 9.15 Å². The molecule has 3 aromatic rings. The van der Waals surface area contributed by atoms with E-state index >= 15 is 0 Å². The molecule has 0 aliphatic carbocycles. The van der Waals surface area contributed by atoms with Gasteiger partial charge in [-0.2, -0.15) is 0 Å². The first-order valence-corrected chi connectivity index (χ1v) is 9.14. The van der Waals surface area contributed by atoms with Crippen molar-refractivity contribution in [3.05, 3.63) is 77.5 Å². The Morgan fingerprint density at radius 1 is 1.04 bits per heavy atom. The zero-order valence-corrected chi connectivity index (χ0v) is 15.7. The summed E-state index contributed by atoms with van der Waals surface area (Å²) in [6.45, 7) is 0.346. The van der Waals surface area contributed by atoms with E-state index in [0.29, 0.717) is 12.5 Å². The van der Waals surface area contributed by atoms with Gasteiger partial charge in [0.05, 0.1) is 11.9 Å². The normalized spacial score (nSPS) is 12.6. The number of hydrogen-bond donors (Lipinski definition) is 0. The van der Waals surface area contributed by atoms with Gasteiger partial charge in [0.15, 0.2) is 6.61 Å². The van der Waals surface area contributed by atoms with Crippen LogP contribution in [0, 0.1) is 0 Å². The minimum Gasteiger partial charge on any atom is -0.484 e. The fourth-order valence-corrected chi connectivity index (χ4v) is 3.16. The van der Waals surface area contributed by atoms with Crippen LogP contribution in [0.2, 0.25) is 0 Å². The molecule has 5 heteroatoms. The molecule has 0 amide bonds. The van der Waals surface area contributed by atoms with Gasteiger partial charge in [-0.3, -0.25) is 0 Å². The lowest BCUT2D eigenvalue weighted by atomic mass is 10.0. The van der Waals surface area contributed by atoms with Crippen LogP contribution in [0.4, 0.5) is 5.69 Å². The number of fused-ring (bicyclic) bond motifs is 1. The molecule has 4 rings (SSSR count). The summed E-state index contributed by atoms with van der Waals surface area (Å²) in [6.07, 6.45) is 6.11.